The van der Waals surface area contributed by atoms with Crippen molar-refractivity contribution in [3.63, 3.8) is 0 Å². The van der Waals surface area contributed by atoms with E-state index in [9.17, 15) is 4.79 Å². The molecule has 0 atom stereocenters. The van der Waals surface area contributed by atoms with E-state index in [1.807, 2.05) is 17.2 Å². The molecule has 0 aromatic carbocycles. The molecule has 0 radical (unpaired) electrons. The fraction of sp³-hybridized carbons (Fsp3) is 0.529. The summed E-state index contributed by atoms with van der Waals surface area (Å²) < 4.78 is 10.9. The lowest BCUT2D eigenvalue weighted by Gasteiger charge is -2.35. The second-order valence-electron chi connectivity index (χ2n) is 5.92. The maximum atomic E-state index is 12.5. The zero-order chi connectivity index (χ0) is 16.2. The molecular formula is C17H23N3O3. The molecule has 23 heavy (non-hydrogen) atoms. The number of carbonyl (C=O) groups excluding carboxylic acids is 1. The smallest absolute Gasteiger partial charge is 0.292 e. The Kier molecular flexibility index (Phi) is 4.81. The van der Waals surface area contributed by atoms with Gasteiger partial charge in [-0.05, 0) is 25.5 Å². The zero-order valence-corrected chi connectivity index (χ0v) is 13.7. The quantitative estimate of drug-likeness (QED) is 0.841. The number of ether oxygens (including phenoxy) is 2. The fourth-order valence-corrected chi connectivity index (χ4v) is 2.87. The van der Waals surface area contributed by atoms with E-state index < -0.39 is 0 Å². The van der Waals surface area contributed by atoms with Crippen LogP contribution >= 0.6 is 0 Å². The Morgan fingerprint density at radius 2 is 1.91 bits per heavy atom. The summed E-state index contributed by atoms with van der Waals surface area (Å²) in [5.41, 5.74) is 2.31. The molecule has 0 saturated carbocycles. The Hall–Kier alpha value is -2.08. The number of hydrogen-bond acceptors (Lipinski definition) is 5. The number of piperazine rings is 1. The summed E-state index contributed by atoms with van der Waals surface area (Å²) >= 11 is 0. The third kappa shape index (κ3) is 3.64. The zero-order valence-electron chi connectivity index (χ0n) is 13.7. The third-order valence-corrected chi connectivity index (χ3v) is 4.31. The van der Waals surface area contributed by atoms with E-state index >= 15 is 0 Å². The molecule has 0 spiro atoms. The van der Waals surface area contributed by atoms with Crippen LogP contribution in [0.1, 0.15) is 18.2 Å². The van der Waals surface area contributed by atoms with Gasteiger partial charge in [0.15, 0.2) is 0 Å². The first-order chi connectivity index (χ1) is 11.1. The number of carbonyl (C=O) groups is 1. The van der Waals surface area contributed by atoms with Gasteiger partial charge in [-0.2, -0.15) is 0 Å². The van der Waals surface area contributed by atoms with Crippen LogP contribution < -0.4 is 0 Å². The minimum atomic E-state index is -0.0594. The van der Waals surface area contributed by atoms with Crippen molar-refractivity contribution in [1.29, 1.82) is 0 Å². The predicted octanol–water partition coefficient (Wildman–Crippen LogP) is 1.31. The Balaban J connectivity index is 1.56. The first kappa shape index (κ1) is 15.8. The minimum absolute atomic E-state index is 0.0594. The highest BCUT2D eigenvalue weighted by molar-refractivity contribution is 5.92. The van der Waals surface area contributed by atoms with Gasteiger partial charge in [-0.1, -0.05) is 6.07 Å². The number of pyridine rings is 1. The Labute approximate surface area is 136 Å². The van der Waals surface area contributed by atoms with Crippen molar-refractivity contribution in [1.82, 2.24) is 14.8 Å². The summed E-state index contributed by atoms with van der Waals surface area (Å²) in [7, 11) is 0. The van der Waals surface area contributed by atoms with Crippen LogP contribution in [-0.2, 0) is 20.8 Å². The van der Waals surface area contributed by atoms with Crippen molar-refractivity contribution >= 4 is 5.91 Å². The Morgan fingerprint density at radius 3 is 2.61 bits per heavy atom. The van der Waals surface area contributed by atoms with Gasteiger partial charge in [-0.25, -0.2) is 0 Å². The predicted molar refractivity (Wildman–Crippen MR) is 85.4 cm³/mol. The number of amides is 1. The Morgan fingerprint density at radius 1 is 1.17 bits per heavy atom. The standard InChI is InChI=1S/C17H23N3O3/c1-13-4-3-5-18-15(13)12-19-6-8-20(9-7-19)17(21)16-14(2)22-10-11-23-16/h3-5H,6-12H2,1-2H3. The van der Waals surface area contributed by atoms with Gasteiger partial charge < -0.3 is 14.4 Å². The summed E-state index contributed by atoms with van der Waals surface area (Å²) in [5, 5.41) is 0. The number of aryl methyl sites for hydroxylation is 1. The number of rotatable bonds is 3. The topological polar surface area (TPSA) is 54.9 Å². The monoisotopic (exact) mass is 317 g/mol. The summed E-state index contributed by atoms with van der Waals surface area (Å²) in [6.45, 7) is 8.73. The highest BCUT2D eigenvalue weighted by Crippen LogP contribution is 2.17. The number of nitrogens with zero attached hydrogens (tertiary/aromatic N) is 3. The van der Waals surface area contributed by atoms with Gasteiger partial charge >= 0.3 is 0 Å². The summed E-state index contributed by atoms with van der Waals surface area (Å²) in [4.78, 5) is 21.1. The van der Waals surface area contributed by atoms with E-state index in [4.69, 9.17) is 9.47 Å². The molecule has 1 aromatic rings. The SMILES string of the molecule is CC1=C(C(=O)N2CCN(Cc3ncccc3C)CC2)OCCO1. The molecule has 0 unspecified atom stereocenters. The van der Waals surface area contributed by atoms with Crippen molar-refractivity contribution in [2.45, 2.75) is 20.4 Å². The molecule has 6 heteroatoms. The van der Waals surface area contributed by atoms with Crippen molar-refractivity contribution in [2.75, 3.05) is 39.4 Å². The van der Waals surface area contributed by atoms with Crippen LogP contribution in [0.2, 0.25) is 0 Å². The lowest BCUT2D eigenvalue weighted by molar-refractivity contribution is -0.134. The van der Waals surface area contributed by atoms with Crippen molar-refractivity contribution in [2.24, 2.45) is 0 Å². The fourth-order valence-electron chi connectivity index (χ4n) is 2.87. The van der Waals surface area contributed by atoms with Gasteiger partial charge in [0.1, 0.15) is 19.0 Å². The average molecular weight is 317 g/mol. The molecule has 3 heterocycles. The van der Waals surface area contributed by atoms with Gasteiger partial charge in [-0.15, -0.1) is 0 Å². The maximum absolute atomic E-state index is 12.5. The molecule has 1 fully saturated rings. The second-order valence-corrected chi connectivity index (χ2v) is 5.92. The number of hydrogen-bond donors (Lipinski definition) is 0. The lowest BCUT2D eigenvalue weighted by atomic mass is 10.2. The molecule has 2 aliphatic heterocycles. The van der Waals surface area contributed by atoms with Crippen LogP contribution in [-0.4, -0.2) is 60.1 Å². The first-order valence-electron chi connectivity index (χ1n) is 8.04. The van der Waals surface area contributed by atoms with E-state index in [2.05, 4.69) is 22.9 Å². The number of allylic oxidation sites excluding steroid dienone is 1. The van der Waals surface area contributed by atoms with Gasteiger partial charge in [0.25, 0.3) is 5.91 Å². The highest BCUT2D eigenvalue weighted by atomic mass is 16.6. The summed E-state index contributed by atoms with van der Waals surface area (Å²) in [6.07, 6.45) is 1.83. The van der Waals surface area contributed by atoms with Crippen LogP contribution in [0.3, 0.4) is 0 Å². The molecule has 3 rings (SSSR count). The van der Waals surface area contributed by atoms with Crippen LogP contribution in [0.15, 0.2) is 29.8 Å². The van der Waals surface area contributed by atoms with Crippen LogP contribution in [0.4, 0.5) is 0 Å². The van der Waals surface area contributed by atoms with Crippen molar-refractivity contribution < 1.29 is 14.3 Å². The van der Waals surface area contributed by atoms with E-state index in [1.54, 1.807) is 6.92 Å². The van der Waals surface area contributed by atoms with E-state index in [0.29, 0.717) is 37.8 Å². The minimum Gasteiger partial charge on any atom is -0.491 e. The molecule has 2 aliphatic rings. The van der Waals surface area contributed by atoms with Crippen LogP contribution in [0.25, 0.3) is 0 Å². The van der Waals surface area contributed by atoms with Crippen LogP contribution in [0, 0.1) is 6.92 Å². The van der Waals surface area contributed by atoms with Gasteiger partial charge in [0.2, 0.25) is 5.76 Å². The maximum Gasteiger partial charge on any atom is 0.292 e. The van der Waals surface area contributed by atoms with E-state index in [1.165, 1.54) is 5.56 Å². The molecule has 1 aromatic heterocycles. The van der Waals surface area contributed by atoms with Gasteiger partial charge in [0, 0.05) is 38.9 Å². The molecule has 0 bridgehead atoms. The van der Waals surface area contributed by atoms with Crippen LogP contribution in [0.5, 0.6) is 0 Å². The molecular weight excluding hydrogens is 294 g/mol. The molecule has 0 aliphatic carbocycles. The average Bonchev–Trinajstić information content (AvgIpc) is 2.57. The first-order valence-corrected chi connectivity index (χ1v) is 8.04. The third-order valence-electron chi connectivity index (χ3n) is 4.31. The van der Waals surface area contributed by atoms with Gasteiger partial charge in [0.05, 0.1) is 5.69 Å². The number of aromatic nitrogens is 1. The molecule has 1 amide bonds. The van der Waals surface area contributed by atoms with E-state index in [-0.39, 0.29) is 5.91 Å². The molecule has 0 N–H and O–H groups in total. The summed E-state index contributed by atoms with van der Waals surface area (Å²) in [6, 6.07) is 4.04. The van der Waals surface area contributed by atoms with E-state index in [0.717, 1.165) is 25.3 Å². The molecule has 1 saturated heterocycles. The largest absolute Gasteiger partial charge is 0.491 e. The molecule has 124 valence electrons. The molecule has 6 nitrogen and oxygen atoms in total. The lowest BCUT2D eigenvalue weighted by Crippen LogP contribution is -2.49. The highest BCUT2D eigenvalue weighted by Gasteiger charge is 2.28. The van der Waals surface area contributed by atoms with Crippen molar-refractivity contribution in [3.8, 4) is 0 Å². The normalized spacial score (nSPS) is 19.3. The van der Waals surface area contributed by atoms with Crippen molar-refractivity contribution in [3.05, 3.63) is 41.1 Å². The summed E-state index contributed by atoms with van der Waals surface area (Å²) in [5.74, 6) is 0.897. The second kappa shape index (κ2) is 7.00. The Bertz CT molecular complexity index is 607. The van der Waals surface area contributed by atoms with Gasteiger partial charge in [-0.3, -0.25) is 14.7 Å².